The molecule has 15 rings (SSSR count). The van der Waals surface area contributed by atoms with Crippen molar-refractivity contribution in [2.45, 2.75) is 24.7 Å². The van der Waals surface area contributed by atoms with Crippen LogP contribution in [0.1, 0.15) is 47.2 Å². The van der Waals surface area contributed by atoms with Crippen LogP contribution in [-0.4, -0.2) is 0 Å². The van der Waals surface area contributed by atoms with Crippen molar-refractivity contribution in [3.05, 3.63) is 252 Å². The maximum Gasteiger partial charge on any atom is 0.151 e. The molecule has 0 radical (unpaired) electrons. The largest absolute Gasteiger partial charge is 0.453 e. The van der Waals surface area contributed by atoms with E-state index in [1.165, 1.54) is 86.9 Å². The van der Waals surface area contributed by atoms with Crippen molar-refractivity contribution < 1.29 is 4.74 Å². The van der Waals surface area contributed by atoms with Gasteiger partial charge in [0.2, 0.25) is 0 Å². The van der Waals surface area contributed by atoms with Gasteiger partial charge >= 0.3 is 0 Å². The lowest BCUT2D eigenvalue weighted by molar-refractivity contribution is 0.473. The number of ether oxygens (including phenoxy) is 1. The molecule has 0 fully saturated rings. The summed E-state index contributed by atoms with van der Waals surface area (Å²) in [7, 11) is 0. The van der Waals surface area contributed by atoms with Gasteiger partial charge in [-0.05, 0) is 146 Å². The third kappa shape index (κ3) is 4.97. The second-order valence-electron chi connectivity index (χ2n) is 19.2. The summed E-state index contributed by atoms with van der Waals surface area (Å²) in [6.45, 7) is 4.74. The highest BCUT2D eigenvalue weighted by atomic mass is 32.1. The smallest absolute Gasteiger partial charge is 0.151 e. The van der Waals surface area contributed by atoms with Crippen LogP contribution >= 0.6 is 11.3 Å². The Morgan fingerprint density at radius 1 is 0.397 bits per heavy atom. The number of rotatable bonds is 4. The Labute approximate surface area is 399 Å². The normalized spacial score (nSPS) is 16.1. The van der Waals surface area contributed by atoms with Crippen molar-refractivity contribution in [1.29, 1.82) is 0 Å². The van der Waals surface area contributed by atoms with E-state index in [-0.39, 0.29) is 5.41 Å². The molecular weight excluding hydrogens is 845 g/mol. The lowest BCUT2D eigenvalue weighted by Gasteiger charge is -2.47. The van der Waals surface area contributed by atoms with E-state index in [9.17, 15) is 0 Å². The predicted octanol–water partition coefficient (Wildman–Crippen LogP) is 17.7. The van der Waals surface area contributed by atoms with Gasteiger partial charge < -0.3 is 14.5 Å². The molecule has 0 amide bonds. The number of fused-ring (bicyclic) bond motifs is 17. The molecule has 3 nitrogen and oxygen atoms in total. The second-order valence-corrected chi connectivity index (χ2v) is 20.3. The Kier molecular flexibility index (Phi) is 7.65. The fourth-order valence-corrected chi connectivity index (χ4v) is 13.5. The van der Waals surface area contributed by atoms with Gasteiger partial charge in [0, 0.05) is 42.6 Å². The van der Waals surface area contributed by atoms with Gasteiger partial charge in [0.15, 0.2) is 11.5 Å². The fraction of sp³-hybridized carbons (Fsp3) is 0.0625. The minimum absolute atomic E-state index is 0.156. The molecule has 2 aliphatic carbocycles. The number of para-hydroxylation sites is 4. The first-order valence-corrected chi connectivity index (χ1v) is 24.4. The summed E-state index contributed by atoms with van der Waals surface area (Å²) in [6, 6.07) is 81.3. The standard InChI is InChI=1S/C64H42N2OS/c1-63(2)50-17-6-3-14-44(50)46-33-31-42(37-54(46)63)65(41-29-26-39(27-30-41)40-28-35-61-49(36-40)48-16-5-12-25-60(48)68-61)43-32-34-47-45-15-4-7-18-51(45)64(55(47)38-43)52-19-8-9-21-56(52)66-57-22-10-11-23-58(57)67-59-24-13-20-53(64)62(59)66/h3-38H,1-2H3. The quantitative estimate of drug-likeness (QED) is 0.175. The van der Waals surface area contributed by atoms with Crippen LogP contribution in [0.2, 0.25) is 0 Å². The average molecular weight is 887 g/mol. The van der Waals surface area contributed by atoms with Crippen molar-refractivity contribution in [1.82, 2.24) is 0 Å². The lowest BCUT2D eigenvalue weighted by atomic mass is 9.64. The van der Waals surface area contributed by atoms with Crippen LogP contribution in [0.15, 0.2) is 218 Å². The van der Waals surface area contributed by atoms with Gasteiger partial charge in [-0.2, -0.15) is 0 Å². The molecule has 1 unspecified atom stereocenters. The van der Waals surface area contributed by atoms with Crippen molar-refractivity contribution in [2.75, 3.05) is 9.80 Å². The van der Waals surface area contributed by atoms with Gasteiger partial charge in [0.05, 0.1) is 22.5 Å². The SMILES string of the molecule is CC1(C)c2ccccc2-c2ccc(N(c3ccc(-c4ccc5sc6ccccc6c5c4)cc3)c3ccc4c(c3)C3(c5ccccc5-4)c4ccccc4N4c5ccccc5Oc5cccc3c54)cc21. The van der Waals surface area contributed by atoms with Crippen LogP contribution in [0.3, 0.4) is 0 Å². The van der Waals surface area contributed by atoms with Crippen molar-refractivity contribution >= 4 is 65.6 Å². The molecule has 11 aromatic rings. The Morgan fingerprint density at radius 3 is 1.79 bits per heavy atom. The fourth-order valence-electron chi connectivity index (χ4n) is 12.5. The number of anilines is 6. The van der Waals surface area contributed by atoms with E-state index in [0.717, 1.165) is 45.6 Å². The first-order chi connectivity index (χ1) is 33.5. The summed E-state index contributed by atoms with van der Waals surface area (Å²) >= 11 is 1.86. The number of nitrogens with zero attached hydrogens (tertiary/aromatic N) is 2. The third-order valence-corrected chi connectivity index (χ3v) is 16.6. The van der Waals surface area contributed by atoms with E-state index < -0.39 is 5.41 Å². The van der Waals surface area contributed by atoms with Crippen LogP contribution in [0, 0.1) is 0 Å². The summed E-state index contributed by atoms with van der Waals surface area (Å²) in [5, 5.41) is 2.63. The van der Waals surface area contributed by atoms with E-state index in [2.05, 4.69) is 242 Å². The number of thiophene rings is 1. The van der Waals surface area contributed by atoms with Gasteiger partial charge in [-0.1, -0.05) is 153 Å². The highest BCUT2D eigenvalue weighted by Crippen LogP contribution is 2.67. The minimum Gasteiger partial charge on any atom is -0.453 e. The summed E-state index contributed by atoms with van der Waals surface area (Å²) in [5.41, 5.74) is 21.2. The van der Waals surface area contributed by atoms with Crippen molar-refractivity contribution in [3.63, 3.8) is 0 Å². The maximum absolute atomic E-state index is 6.80. The van der Waals surface area contributed by atoms with Crippen LogP contribution in [0.4, 0.5) is 34.1 Å². The number of hydrogen-bond donors (Lipinski definition) is 0. The summed E-state index contributed by atoms with van der Waals surface area (Å²) in [5.74, 6) is 1.73. The van der Waals surface area contributed by atoms with E-state index in [0.29, 0.717) is 0 Å². The van der Waals surface area contributed by atoms with Crippen LogP contribution in [-0.2, 0) is 10.8 Å². The summed E-state index contributed by atoms with van der Waals surface area (Å²) in [4.78, 5) is 4.92. The van der Waals surface area contributed by atoms with E-state index in [4.69, 9.17) is 4.74 Å². The zero-order valence-corrected chi connectivity index (χ0v) is 38.3. The zero-order valence-electron chi connectivity index (χ0n) is 37.5. The molecule has 0 saturated carbocycles. The number of hydrogen-bond acceptors (Lipinski definition) is 4. The molecule has 10 aromatic carbocycles. The first-order valence-electron chi connectivity index (χ1n) is 23.6. The molecule has 2 aliphatic heterocycles. The maximum atomic E-state index is 6.80. The number of benzene rings is 10. The van der Waals surface area contributed by atoms with Gasteiger partial charge in [0.25, 0.3) is 0 Å². The molecular formula is C64H42N2OS. The van der Waals surface area contributed by atoms with Crippen LogP contribution in [0.5, 0.6) is 11.5 Å². The molecule has 4 aliphatic rings. The van der Waals surface area contributed by atoms with Gasteiger partial charge in [-0.25, -0.2) is 0 Å². The molecule has 4 heteroatoms. The molecule has 320 valence electrons. The molecule has 0 N–H and O–H groups in total. The van der Waals surface area contributed by atoms with Gasteiger partial charge in [-0.3, -0.25) is 0 Å². The first kappa shape index (κ1) is 38.0. The molecule has 68 heavy (non-hydrogen) atoms. The molecule has 3 heterocycles. The Bertz CT molecular complexity index is 3950. The second kappa shape index (κ2) is 13.7. The Morgan fingerprint density at radius 2 is 0.971 bits per heavy atom. The van der Waals surface area contributed by atoms with Crippen LogP contribution < -0.4 is 14.5 Å². The van der Waals surface area contributed by atoms with E-state index in [1.807, 2.05) is 11.3 Å². The molecule has 0 saturated heterocycles. The average Bonchev–Trinajstić information content (AvgIpc) is 3.98. The predicted molar refractivity (Wildman–Crippen MR) is 283 cm³/mol. The molecule has 1 aromatic heterocycles. The minimum atomic E-state index is -0.627. The lowest BCUT2D eigenvalue weighted by Crippen LogP contribution is -2.37. The van der Waals surface area contributed by atoms with Crippen molar-refractivity contribution in [2.24, 2.45) is 0 Å². The summed E-state index contributed by atoms with van der Waals surface area (Å²) < 4.78 is 9.44. The van der Waals surface area contributed by atoms with Crippen LogP contribution in [0.25, 0.3) is 53.6 Å². The third-order valence-electron chi connectivity index (χ3n) is 15.4. The van der Waals surface area contributed by atoms with Gasteiger partial charge in [0.1, 0.15) is 0 Å². The monoisotopic (exact) mass is 886 g/mol. The molecule has 1 atom stereocenters. The van der Waals surface area contributed by atoms with E-state index in [1.54, 1.807) is 0 Å². The molecule has 1 spiro atoms. The highest BCUT2D eigenvalue weighted by molar-refractivity contribution is 7.25. The summed E-state index contributed by atoms with van der Waals surface area (Å²) in [6.07, 6.45) is 0. The Hall–Kier alpha value is -8.18. The van der Waals surface area contributed by atoms with E-state index >= 15 is 0 Å². The zero-order chi connectivity index (χ0) is 44.9. The van der Waals surface area contributed by atoms with Crippen molar-refractivity contribution in [3.8, 4) is 44.9 Å². The topological polar surface area (TPSA) is 15.7 Å². The molecule has 0 bridgehead atoms. The Balaban J connectivity index is 0.952. The highest BCUT2D eigenvalue weighted by Gasteiger charge is 2.53. The van der Waals surface area contributed by atoms with Gasteiger partial charge in [-0.15, -0.1) is 11.3 Å².